The lowest BCUT2D eigenvalue weighted by Crippen LogP contribution is -2.09. The summed E-state index contributed by atoms with van der Waals surface area (Å²) in [6, 6.07) is 12.7. The van der Waals surface area contributed by atoms with Crippen LogP contribution in [0.25, 0.3) is 17.2 Å². The Kier molecular flexibility index (Phi) is 5.17. The second-order valence-corrected chi connectivity index (χ2v) is 9.21. The Balaban J connectivity index is 2.12. The molecule has 0 bridgehead atoms. The van der Waals surface area contributed by atoms with Crippen LogP contribution in [-0.2, 0) is 14.6 Å². The van der Waals surface area contributed by atoms with E-state index in [1.807, 2.05) is 50.2 Å². The molecule has 0 saturated heterocycles. The quantitative estimate of drug-likeness (QED) is 0.827. The van der Waals surface area contributed by atoms with E-state index in [2.05, 4.69) is 0 Å². The predicted octanol–water partition coefficient (Wildman–Crippen LogP) is 3.96. The zero-order chi connectivity index (χ0) is 20.6. The Labute approximate surface area is 165 Å². The molecule has 0 aliphatic heterocycles. The Morgan fingerprint density at radius 2 is 1.71 bits per heavy atom. The minimum Gasteiger partial charge on any atom is -0.481 e. The van der Waals surface area contributed by atoms with Crippen molar-refractivity contribution in [3.05, 3.63) is 64.7 Å². The number of carbonyl (C=O) groups is 1. The molecule has 1 aliphatic rings. The van der Waals surface area contributed by atoms with Gasteiger partial charge in [0, 0.05) is 26.0 Å². The number of rotatable bonds is 5. The van der Waals surface area contributed by atoms with Crippen molar-refractivity contribution in [3.63, 3.8) is 0 Å². The van der Waals surface area contributed by atoms with Gasteiger partial charge < -0.3 is 10.0 Å². The zero-order valence-electron chi connectivity index (χ0n) is 16.4. The molecule has 5 nitrogen and oxygen atoms in total. The van der Waals surface area contributed by atoms with Gasteiger partial charge in [0.2, 0.25) is 0 Å². The van der Waals surface area contributed by atoms with Gasteiger partial charge in [-0.05, 0) is 70.7 Å². The smallest absolute Gasteiger partial charge is 0.307 e. The Morgan fingerprint density at radius 3 is 2.25 bits per heavy atom. The number of benzene rings is 2. The molecule has 146 valence electrons. The number of anilines is 1. The van der Waals surface area contributed by atoms with E-state index in [0.29, 0.717) is 0 Å². The van der Waals surface area contributed by atoms with Gasteiger partial charge in [-0.15, -0.1) is 0 Å². The molecule has 0 amide bonds. The second-order valence-electron chi connectivity index (χ2n) is 7.20. The molecule has 0 fully saturated rings. The molecular weight excluding hydrogens is 374 g/mol. The summed E-state index contributed by atoms with van der Waals surface area (Å²) in [5.41, 5.74) is 6.50. The molecule has 1 aliphatic carbocycles. The van der Waals surface area contributed by atoms with Crippen LogP contribution in [0.1, 0.15) is 30.0 Å². The number of sulfone groups is 1. The van der Waals surface area contributed by atoms with E-state index in [4.69, 9.17) is 0 Å². The van der Waals surface area contributed by atoms with Crippen molar-refractivity contribution in [2.75, 3.05) is 25.3 Å². The molecule has 2 aromatic rings. The van der Waals surface area contributed by atoms with Gasteiger partial charge in [-0.1, -0.05) is 18.2 Å². The first-order valence-electron chi connectivity index (χ1n) is 8.84. The summed E-state index contributed by atoms with van der Waals surface area (Å²) in [4.78, 5) is 13.7. The molecule has 0 spiro atoms. The second kappa shape index (κ2) is 7.28. The topological polar surface area (TPSA) is 74.7 Å². The molecule has 0 heterocycles. The lowest BCUT2D eigenvalue weighted by Gasteiger charge is -2.15. The van der Waals surface area contributed by atoms with Gasteiger partial charge in [0.05, 0.1) is 11.3 Å². The van der Waals surface area contributed by atoms with Gasteiger partial charge in [-0.2, -0.15) is 0 Å². The maximum Gasteiger partial charge on any atom is 0.307 e. The van der Waals surface area contributed by atoms with Crippen LogP contribution >= 0.6 is 0 Å². The van der Waals surface area contributed by atoms with Crippen molar-refractivity contribution in [3.8, 4) is 0 Å². The predicted molar refractivity (Wildman–Crippen MR) is 113 cm³/mol. The summed E-state index contributed by atoms with van der Waals surface area (Å²) in [7, 11) is 0.656. The number of hydrogen-bond acceptors (Lipinski definition) is 4. The van der Waals surface area contributed by atoms with Gasteiger partial charge in [-0.3, -0.25) is 4.79 Å². The largest absolute Gasteiger partial charge is 0.481 e. The third-order valence-electron chi connectivity index (χ3n) is 4.94. The number of allylic oxidation sites excluding steroid dienone is 2. The van der Waals surface area contributed by atoms with Crippen LogP contribution in [0.3, 0.4) is 0 Å². The zero-order valence-corrected chi connectivity index (χ0v) is 17.2. The van der Waals surface area contributed by atoms with Crippen LogP contribution in [0, 0.1) is 0 Å². The number of nitrogens with zero attached hydrogens (tertiary/aromatic N) is 1. The van der Waals surface area contributed by atoms with Crippen LogP contribution in [0.4, 0.5) is 5.69 Å². The highest BCUT2D eigenvalue weighted by Gasteiger charge is 2.25. The monoisotopic (exact) mass is 397 g/mol. The first-order chi connectivity index (χ1) is 13.1. The molecule has 6 heteroatoms. The van der Waals surface area contributed by atoms with Gasteiger partial charge in [0.15, 0.2) is 9.84 Å². The minimum atomic E-state index is -3.24. The fraction of sp³-hybridized carbons (Fsp3) is 0.227. The number of fused-ring (bicyclic) bond motifs is 1. The maximum atomic E-state index is 11.7. The molecule has 0 radical (unpaired) electrons. The number of carboxylic acids is 1. The van der Waals surface area contributed by atoms with E-state index in [1.54, 1.807) is 24.3 Å². The Bertz CT molecular complexity index is 1110. The highest BCUT2D eigenvalue weighted by molar-refractivity contribution is 7.90. The summed E-state index contributed by atoms with van der Waals surface area (Å²) < 4.78 is 23.3. The maximum absolute atomic E-state index is 11.7. The van der Waals surface area contributed by atoms with Gasteiger partial charge in [0.25, 0.3) is 0 Å². The van der Waals surface area contributed by atoms with E-state index in [-0.39, 0.29) is 11.3 Å². The van der Waals surface area contributed by atoms with E-state index in [1.165, 1.54) is 6.26 Å². The summed E-state index contributed by atoms with van der Waals surface area (Å²) in [6.45, 7) is 1.93. The lowest BCUT2D eigenvalue weighted by molar-refractivity contribution is -0.135. The molecule has 2 aromatic carbocycles. The third kappa shape index (κ3) is 3.87. The van der Waals surface area contributed by atoms with Crippen LogP contribution < -0.4 is 4.90 Å². The van der Waals surface area contributed by atoms with Crippen molar-refractivity contribution in [2.24, 2.45) is 0 Å². The standard InChI is InChI=1S/C22H23NO4S/c1-14-19(11-15-5-8-17(9-6-15)28(4,26)27)18-10-7-16(23(2)3)12-21(18)20(14)13-22(24)25/h5-12H,13H2,1-4H3,(H,24,25). The number of aliphatic carboxylic acids is 1. The number of carboxylic acid groups (broad SMARTS) is 1. The van der Waals surface area contributed by atoms with Crippen LogP contribution in [0.15, 0.2) is 52.9 Å². The van der Waals surface area contributed by atoms with Gasteiger partial charge >= 0.3 is 5.97 Å². The normalized spacial score (nSPS) is 15.1. The molecule has 0 aromatic heterocycles. The SMILES string of the molecule is CC1=C(CC(=O)O)c2cc(N(C)C)ccc2C1=Cc1ccc(S(C)(=O)=O)cc1. The van der Waals surface area contributed by atoms with Crippen molar-refractivity contribution in [1.82, 2.24) is 0 Å². The van der Waals surface area contributed by atoms with Crippen molar-refractivity contribution in [2.45, 2.75) is 18.2 Å². The van der Waals surface area contributed by atoms with Crippen LogP contribution in [-0.4, -0.2) is 39.8 Å². The Hall–Kier alpha value is -2.86. The van der Waals surface area contributed by atoms with Crippen LogP contribution in [0.2, 0.25) is 0 Å². The van der Waals surface area contributed by atoms with Gasteiger partial charge in [0.1, 0.15) is 0 Å². The molecule has 3 rings (SSSR count). The fourth-order valence-electron chi connectivity index (χ4n) is 3.40. The van der Waals surface area contributed by atoms with Crippen LogP contribution in [0.5, 0.6) is 0 Å². The van der Waals surface area contributed by atoms with Crippen molar-refractivity contribution < 1.29 is 18.3 Å². The average molecular weight is 397 g/mol. The van der Waals surface area contributed by atoms with E-state index in [9.17, 15) is 18.3 Å². The third-order valence-corrected chi connectivity index (χ3v) is 6.07. The molecule has 0 unspecified atom stereocenters. The summed E-state index contributed by atoms with van der Waals surface area (Å²) in [6.07, 6.45) is 3.12. The average Bonchev–Trinajstić information content (AvgIpc) is 2.86. The molecule has 28 heavy (non-hydrogen) atoms. The first-order valence-corrected chi connectivity index (χ1v) is 10.7. The van der Waals surface area contributed by atoms with Gasteiger partial charge in [-0.25, -0.2) is 8.42 Å². The highest BCUT2D eigenvalue weighted by Crippen LogP contribution is 2.44. The molecule has 0 atom stereocenters. The van der Waals surface area contributed by atoms with E-state index >= 15 is 0 Å². The first kappa shape index (κ1) is 19.9. The van der Waals surface area contributed by atoms with E-state index in [0.717, 1.165) is 39.1 Å². The van der Waals surface area contributed by atoms with E-state index < -0.39 is 15.8 Å². The Morgan fingerprint density at radius 1 is 1.07 bits per heavy atom. The summed E-state index contributed by atoms with van der Waals surface area (Å²) in [5.74, 6) is -0.866. The molecule has 1 N–H and O–H groups in total. The van der Waals surface area contributed by atoms with Crippen molar-refractivity contribution in [1.29, 1.82) is 0 Å². The molecular formula is C22H23NO4S. The summed E-state index contributed by atoms with van der Waals surface area (Å²) >= 11 is 0. The summed E-state index contributed by atoms with van der Waals surface area (Å²) in [5, 5.41) is 9.36. The minimum absolute atomic E-state index is 0.0416. The molecule has 0 saturated carbocycles. The fourth-order valence-corrected chi connectivity index (χ4v) is 4.03. The highest BCUT2D eigenvalue weighted by atomic mass is 32.2. The van der Waals surface area contributed by atoms with Crippen molar-refractivity contribution >= 4 is 38.7 Å². The lowest BCUT2D eigenvalue weighted by atomic mass is 10.00. The number of hydrogen-bond donors (Lipinski definition) is 1.